The summed E-state index contributed by atoms with van der Waals surface area (Å²) >= 11 is 0. The highest BCUT2D eigenvalue weighted by atomic mass is 19.4. The maximum atomic E-state index is 13.0. The topological polar surface area (TPSA) is 80.5 Å². The van der Waals surface area contributed by atoms with Crippen LogP contribution in [0.1, 0.15) is 30.0 Å². The number of amides is 1. The number of rotatable bonds is 3. The molecule has 0 radical (unpaired) electrons. The molecule has 31 heavy (non-hydrogen) atoms. The van der Waals surface area contributed by atoms with Gasteiger partial charge in [0, 0.05) is 25.6 Å². The van der Waals surface area contributed by atoms with Gasteiger partial charge in [-0.15, -0.1) is 5.10 Å². The Bertz CT molecular complexity index is 1150. The number of methoxy groups -OCH3 is 1. The molecule has 7 nitrogen and oxygen atoms in total. The molecule has 10 heteroatoms. The molecule has 1 aliphatic heterocycles. The van der Waals surface area contributed by atoms with Crippen LogP contribution >= 0.6 is 0 Å². The summed E-state index contributed by atoms with van der Waals surface area (Å²) in [6.45, 7) is 1.97. The van der Waals surface area contributed by atoms with Crippen molar-refractivity contribution in [1.29, 1.82) is 0 Å². The molecule has 3 aromatic rings. The summed E-state index contributed by atoms with van der Waals surface area (Å²) in [5.74, 6) is 0.0637. The average Bonchev–Trinajstić information content (AvgIpc) is 3.06. The van der Waals surface area contributed by atoms with Gasteiger partial charge in [0.1, 0.15) is 5.75 Å². The van der Waals surface area contributed by atoms with Gasteiger partial charge >= 0.3 is 6.18 Å². The number of halogens is 3. The fourth-order valence-electron chi connectivity index (χ4n) is 4.01. The number of nitrogens with zero attached hydrogens (tertiary/aromatic N) is 4. The predicted molar refractivity (Wildman–Crippen MR) is 107 cm³/mol. The van der Waals surface area contributed by atoms with E-state index in [1.807, 2.05) is 0 Å². The van der Waals surface area contributed by atoms with Crippen molar-refractivity contribution in [2.45, 2.75) is 32.0 Å². The first-order valence-corrected chi connectivity index (χ1v) is 9.68. The lowest BCUT2D eigenvalue weighted by molar-refractivity contribution is -0.137. The van der Waals surface area contributed by atoms with Crippen molar-refractivity contribution in [3.8, 4) is 22.9 Å². The molecule has 1 atom stereocenters. The number of phenolic OH excluding ortho intramolecular Hbond substituents is 1. The number of phenols is 1. The van der Waals surface area contributed by atoms with Crippen molar-refractivity contribution in [2.24, 2.45) is 0 Å². The van der Waals surface area contributed by atoms with E-state index in [1.165, 1.54) is 14.0 Å². The summed E-state index contributed by atoms with van der Waals surface area (Å²) < 4.78 is 46.3. The first-order chi connectivity index (χ1) is 14.6. The third-order valence-electron chi connectivity index (χ3n) is 5.56. The monoisotopic (exact) mass is 434 g/mol. The van der Waals surface area contributed by atoms with Gasteiger partial charge in [-0.1, -0.05) is 0 Å². The van der Waals surface area contributed by atoms with E-state index < -0.39 is 17.5 Å². The maximum absolute atomic E-state index is 13.0. The van der Waals surface area contributed by atoms with Gasteiger partial charge in [-0.05, 0) is 43.2 Å². The first-order valence-electron chi connectivity index (χ1n) is 9.68. The number of aryl methyl sites for hydroxylation is 1. The van der Waals surface area contributed by atoms with Gasteiger partial charge in [0.2, 0.25) is 11.8 Å². The van der Waals surface area contributed by atoms with Gasteiger partial charge in [0.15, 0.2) is 5.65 Å². The third-order valence-corrected chi connectivity index (χ3v) is 5.56. The Labute approximate surface area is 176 Å². The molecule has 0 aliphatic carbocycles. The molecule has 1 saturated heterocycles. The minimum atomic E-state index is -4.56. The lowest BCUT2D eigenvalue weighted by Gasteiger charge is -2.30. The zero-order valence-electron chi connectivity index (χ0n) is 17.2. The van der Waals surface area contributed by atoms with E-state index in [0.29, 0.717) is 48.1 Å². The van der Waals surface area contributed by atoms with Crippen LogP contribution in [0.2, 0.25) is 0 Å². The molecule has 1 amide bonds. The van der Waals surface area contributed by atoms with Crippen LogP contribution in [0.3, 0.4) is 0 Å². The maximum Gasteiger partial charge on any atom is 0.416 e. The molecule has 3 heterocycles. The molecule has 1 unspecified atom stereocenters. The molecule has 4 rings (SSSR count). The quantitative estimate of drug-likeness (QED) is 0.676. The van der Waals surface area contributed by atoms with Gasteiger partial charge in [-0.2, -0.15) is 13.2 Å². The van der Waals surface area contributed by atoms with Gasteiger partial charge in [-0.3, -0.25) is 4.79 Å². The Balaban J connectivity index is 1.78. The van der Waals surface area contributed by atoms with E-state index in [-0.39, 0.29) is 23.1 Å². The second-order valence-corrected chi connectivity index (χ2v) is 7.67. The van der Waals surface area contributed by atoms with Crippen molar-refractivity contribution in [3.05, 3.63) is 35.4 Å². The van der Waals surface area contributed by atoms with Crippen LogP contribution in [0.25, 0.3) is 22.3 Å². The smallest absolute Gasteiger partial charge is 0.416 e. The van der Waals surface area contributed by atoms with Crippen molar-refractivity contribution < 1.29 is 27.8 Å². The number of likely N-dealkylation sites (N-methyl/N-ethyl adjacent to an activating group) is 1. The standard InChI is InChI=1S/C21H21F3N4O3/c1-11-8-12(21(22,23)24)9-16(29)18(11)15-6-5-14-19(25-15)26-28(20(14)31-3)13-4-7-17(30)27(2)10-13/h5-6,8-9,13,29H,4,7,10H2,1-3H3. The first kappa shape index (κ1) is 21.0. The summed E-state index contributed by atoms with van der Waals surface area (Å²) in [6, 6.07) is 4.92. The Morgan fingerprint density at radius 2 is 2.00 bits per heavy atom. The predicted octanol–water partition coefficient (Wildman–Crippen LogP) is 3.93. The average molecular weight is 434 g/mol. The molecule has 0 spiro atoms. The highest BCUT2D eigenvalue weighted by Gasteiger charge is 2.32. The number of aromatic hydroxyl groups is 1. The zero-order valence-corrected chi connectivity index (χ0v) is 17.2. The van der Waals surface area contributed by atoms with Crippen LogP contribution in [0.4, 0.5) is 13.2 Å². The number of fused-ring (bicyclic) bond motifs is 1. The Morgan fingerprint density at radius 1 is 1.26 bits per heavy atom. The van der Waals surface area contributed by atoms with Crippen molar-refractivity contribution in [1.82, 2.24) is 19.7 Å². The number of likely N-dealkylation sites (tertiary alicyclic amines) is 1. The largest absolute Gasteiger partial charge is 0.507 e. The summed E-state index contributed by atoms with van der Waals surface area (Å²) in [5.41, 5.74) is 0.186. The number of benzene rings is 1. The molecular formula is C21H21F3N4O3. The van der Waals surface area contributed by atoms with Crippen LogP contribution in [0.5, 0.6) is 11.6 Å². The highest BCUT2D eigenvalue weighted by molar-refractivity contribution is 5.85. The second-order valence-electron chi connectivity index (χ2n) is 7.67. The van der Waals surface area contributed by atoms with Gasteiger partial charge in [-0.25, -0.2) is 9.67 Å². The van der Waals surface area contributed by atoms with Gasteiger partial charge in [0.25, 0.3) is 0 Å². The van der Waals surface area contributed by atoms with E-state index in [9.17, 15) is 23.1 Å². The molecule has 164 valence electrons. The van der Waals surface area contributed by atoms with Crippen molar-refractivity contribution >= 4 is 16.9 Å². The Morgan fingerprint density at radius 3 is 2.61 bits per heavy atom. The number of aromatic nitrogens is 3. The van der Waals surface area contributed by atoms with E-state index in [4.69, 9.17) is 4.74 Å². The lowest BCUT2D eigenvalue weighted by Crippen LogP contribution is -2.38. The summed E-state index contributed by atoms with van der Waals surface area (Å²) in [6.07, 6.45) is -3.55. The molecule has 0 saturated carbocycles. The molecule has 0 bridgehead atoms. The summed E-state index contributed by atoms with van der Waals surface area (Å²) in [7, 11) is 3.25. The SMILES string of the molecule is COc1c2ccc(-c3c(C)cc(C(F)(F)F)cc3O)nc2nn1C1CCC(=O)N(C)C1. The molecule has 1 N–H and O–H groups in total. The van der Waals surface area contributed by atoms with E-state index in [0.717, 1.165) is 6.07 Å². The molecule has 1 fully saturated rings. The number of ether oxygens (including phenoxy) is 1. The number of hydrogen-bond donors (Lipinski definition) is 1. The van der Waals surface area contributed by atoms with Crippen LogP contribution in [-0.4, -0.2) is 51.4 Å². The van der Waals surface area contributed by atoms with Crippen molar-refractivity contribution in [3.63, 3.8) is 0 Å². The fourth-order valence-corrected chi connectivity index (χ4v) is 4.01. The Hall–Kier alpha value is -3.30. The van der Waals surface area contributed by atoms with Crippen LogP contribution < -0.4 is 4.74 Å². The van der Waals surface area contributed by atoms with Crippen LogP contribution in [0.15, 0.2) is 24.3 Å². The normalized spacial score (nSPS) is 17.4. The molecule has 2 aromatic heterocycles. The second kappa shape index (κ2) is 7.44. The lowest BCUT2D eigenvalue weighted by atomic mass is 10.00. The number of hydrogen-bond acceptors (Lipinski definition) is 5. The van der Waals surface area contributed by atoms with E-state index in [2.05, 4.69) is 10.1 Å². The number of piperidine rings is 1. The Kier molecular flexibility index (Phi) is 5.03. The van der Waals surface area contributed by atoms with Crippen LogP contribution in [0, 0.1) is 6.92 Å². The van der Waals surface area contributed by atoms with E-state index in [1.54, 1.807) is 28.8 Å². The molecule has 1 aliphatic rings. The molecule has 1 aromatic carbocycles. The number of carbonyl (C=O) groups is 1. The third kappa shape index (κ3) is 3.66. The number of pyridine rings is 1. The minimum Gasteiger partial charge on any atom is -0.507 e. The number of alkyl halides is 3. The van der Waals surface area contributed by atoms with Gasteiger partial charge in [0.05, 0.1) is 29.8 Å². The highest BCUT2D eigenvalue weighted by Crippen LogP contribution is 2.39. The molecular weight excluding hydrogens is 413 g/mol. The van der Waals surface area contributed by atoms with E-state index >= 15 is 0 Å². The van der Waals surface area contributed by atoms with Crippen molar-refractivity contribution in [2.75, 3.05) is 20.7 Å². The number of carbonyl (C=O) groups excluding carboxylic acids is 1. The summed E-state index contributed by atoms with van der Waals surface area (Å²) in [4.78, 5) is 17.9. The fraction of sp³-hybridized carbons (Fsp3) is 0.381. The van der Waals surface area contributed by atoms with Crippen LogP contribution in [-0.2, 0) is 11.0 Å². The summed E-state index contributed by atoms with van der Waals surface area (Å²) in [5, 5.41) is 15.5. The minimum absolute atomic E-state index is 0.0700. The zero-order chi connectivity index (χ0) is 22.5. The van der Waals surface area contributed by atoms with Gasteiger partial charge < -0.3 is 14.7 Å².